The Morgan fingerprint density at radius 1 is 0.960 bits per heavy atom. The molecular formula is C39H42BrN3O6S. The maximum Gasteiger partial charge on any atom is 0.306 e. The lowest BCUT2D eigenvalue weighted by Gasteiger charge is -2.31. The van der Waals surface area contributed by atoms with Crippen molar-refractivity contribution in [2.45, 2.75) is 73.6 Å². The van der Waals surface area contributed by atoms with Gasteiger partial charge in [-0.2, -0.15) is 0 Å². The van der Waals surface area contributed by atoms with Crippen LogP contribution in [0.3, 0.4) is 0 Å². The highest BCUT2D eigenvalue weighted by molar-refractivity contribution is 9.10. The number of esters is 1. The minimum Gasteiger partial charge on any atom is -0.494 e. The molecule has 4 aromatic carbocycles. The van der Waals surface area contributed by atoms with Crippen LogP contribution < -0.4 is 15.6 Å². The number of nitrogens with one attached hydrogen (secondary N) is 2. The van der Waals surface area contributed by atoms with E-state index in [-0.39, 0.29) is 25.3 Å². The number of hydrogen-bond acceptors (Lipinski definition) is 9. The van der Waals surface area contributed by atoms with E-state index >= 15 is 0 Å². The van der Waals surface area contributed by atoms with Gasteiger partial charge in [0.1, 0.15) is 11.4 Å². The van der Waals surface area contributed by atoms with E-state index in [1.807, 2.05) is 78.9 Å². The van der Waals surface area contributed by atoms with Crippen LogP contribution >= 0.6 is 27.7 Å². The van der Waals surface area contributed by atoms with Crippen molar-refractivity contribution in [3.8, 4) is 5.75 Å². The first kappa shape index (κ1) is 37.1. The number of rotatable bonds is 15. The first-order valence-electron chi connectivity index (χ1n) is 16.5. The molecule has 0 aromatic heterocycles. The molecule has 0 radical (unpaired) electrons. The molecule has 262 valence electrons. The Labute approximate surface area is 305 Å². The number of carbonyl (C=O) groups is 2. The van der Waals surface area contributed by atoms with Crippen molar-refractivity contribution >= 4 is 45.5 Å². The molecule has 3 N–H and O–H groups in total. The van der Waals surface area contributed by atoms with Crippen molar-refractivity contribution in [3.63, 3.8) is 0 Å². The summed E-state index contributed by atoms with van der Waals surface area (Å²) in [5.41, 5.74) is 6.15. The van der Waals surface area contributed by atoms with Crippen LogP contribution in [0.25, 0.3) is 0 Å². The highest BCUT2D eigenvalue weighted by Crippen LogP contribution is 2.45. The summed E-state index contributed by atoms with van der Waals surface area (Å²) in [6, 6.07) is 32.8. The zero-order valence-electron chi connectivity index (χ0n) is 28.4. The molecule has 4 aromatic rings. The first-order chi connectivity index (χ1) is 24.1. The molecule has 50 heavy (non-hydrogen) atoms. The minimum atomic E-state index is -1.54. The average molecular weight is 761 g/mol. The molecule has 5 rings (SSSR count). The Kier molecular flexibility index (Phi) is 12.7. The van der Waals surface area contributed by atoms with E-state index < -0.39 is 29.1 Å². The van der Waals surface area contributed by atoms with Crippen molar-refractivity contribution in [2.24, 2.45) is 4.99 Å². The van der Waals surface area contributed by atoms with Gasteiger partial charge < -0.3 is 19.3 Å². The molecule has 0 spiro atoms. The molecule has 1 heterocycles. The summed E-state index contributed by atoms with van der Waals surface area (Å²) in [6.07, 6.45) is -0.404. The van der Waals surface area contributed by atoms with Gasteiger partial charge in [0.05, 0.1) is 6.61 Å². The number of aliphatic hydroxyl groups is 1. The van der Waals surface area contributed by atoms with Gasteiger partial charge in [-0.25, -0.2) is 10.4 Å². The highest BCUT2D eigenvalue weighted by Gasteiger charge is 2.54. The summed E-state index contributed by atoms with van der Waals surface area (Å²) >= 11 is 5.30. The molecule has 0 saturated heterocycles. The number of aliphatic hydroxyl groups excluding tert-OH is 1. The summed E-state index contributed by atoms with van der Waals surface area (Å²) in [5, 5.41) is 9.09. The van der Waals surface area contributed by atoms with Gasteiger partial charge in [-0.15, -0.1) is 0 Å². The lowest BCUT2D eigenvalue weighted by molar-refractivity contribution is -0.155. The second-order valence-corrected chi connectivity index (χ2v) is 14.7. The molecule has 0 aliphatic carbocycles. The normalized spacial score (nSPS) is 17.1. The lowest BCUT2D eigenvalue weighted by Crippen LogP contribution is -2.52. The zero-order valence-corrected chi connectivity index (χ0v) is 30.8. The molecule has 9 nitrogen and oxygen atoms in total. The van der Waals surface area contributed by atoms with Gasteiger partial charge in [-0.3, -0.25) is 15.0 Å². The number of aliphatic imine (C=N–C) groups is 1. The maximum absolute atomic E-state index is 14.5. The smallest absolute Gasteiger partial charge is 0.306 e. The Morgan fingerprint density at radius 3 is 2.38 bits per heavy atom. The third-order valence-electron chi connectivity index (χ3n) is 7.77. The largest absolute Gasteiger partial charge is 0.494 e. The van der Waals surface area contributed by atoms with Crippen LogP contribution in [-0.4, -0.2) is 47.2 Å². The fraction of sp³-hybridized carbons (Fsp3) is 0.308. The predicted molar refractivity (Wildman–Crippen MR) is 198 cm³/mol. The van der Waals surface area contributed by atoms with Gasteiger partial charge in [0.2, 0.25) is 5.90 Å². The summed E-state index contributed by atoms with van der Waals surface area (Å²) < 4.78 is 18.7. The van der Waals surface area contributed by atoms with Crippen LogP contribution in [-0.2, 0) is 25.6 Å². The number of hydrogen-bond donors (Lipinski definition) is 3. The lowest BCUT2D eigenvalue weighted by atomic mass is 9.83. The molecule has 1 aliphatic rings. The van der Waals surface area contributed by atoms with Crippen LogP contribution in [0.4, 0.5) is 0 Å². The van der Waals surface area contributed by atoms with Crippen molar-refractivity contribution in [2.75, 3.05) is 13.2 Å². The molecule has 0 fully saturated rings. The third kappa shape index (κ3) is 9.75. The van der Waals surface area contributed by atoms with Crippen LogP contribution in [0, 0.1) is 0 Å². The summed E-state index contributed by atoms with van der Waals surface area (Å²) in [6.45, 7) is 6.19. The molecule has 11 heteroatoms. The SMILES string of the molecule is CC(C)(C)OC(=O)CC[C@]1(C(=O)NNCc2ccccc2Sc2ccccc2)N=C(c2ccc(OCCCO)cc2)O[C@H]1c1ccccc1Br. The van der Waals surface area contributed by atoms with Crippen LogP contribution in [0.15, 0.2) is 122 Å². The fourth-order valence-corrected chi connectivity index (χ4v) is 6.87. The number of benzene rings is 4. The van der Waals surface area contributed by atoms with Gasteiger partial charge >= 0.3 is 5.97 Å². The molecule has 0 bridgehead atoms. The van der Waals surface area contributed by atoms with Crippen molar-refractivity contribution in [1.82, 2.24) is 10.9 Å². The van der Waals surface area contributed by atoms with Gasteiger partial charge in [-0.05, 0) is 81.3 Å². The summed E-state index contributed by atoms with van der Waals surface area (Å²) in [5.74, 6) is 0.000896. The van der Waals surface area contributed by atoms with Gasteiger partial charge in [0.15, 0.2) is 11.6 Å². The van der Waals surface area contributed by atoms with E-state index in [0.29, 0.717) is 36.4 Å². The molecule has 0 unspecified atom stereocenters. The standard InChI is InChI=1S/C39H42BrN3O6S/c1-38(2,3)49-34(45)22-23-39(37(46)43-41-26-28-12-7-10-17-33(28)50-30-13-5-4-6-14-30)35(31-15-8-9-16-32(31)40)48-36(42-39)27-18-20-29(21-19-27)47-25-11-24-44/h4-10,12-21,35,41,44H,11,22-26H2,1-3H3,(H,43,46)/t35-,39-/m0/s1. The highest BCUT2D eigenvalue weighted by atomic mass is 79.9. The number of amides is 1. The van der Waals surface area contributed by atoms with E-state index in [1.54, 1.807) is 44.7 Å². The number of nitrogens with zero attached hydrogens (tertiary/aromatic N) is 1. The van der Waals surface area contributed by atoms with E-state index in [9.17, 15) is 9.59 Å². The molecule has 1 amide bonds. The van der Waals surface area contributed by atoms with E-state index in [0.717, 1.165) is 19.8 Å². The average Bonchev–Trinajstić information content (AvgIpc) is 3.49. The Balaban J connectivity index is 1.45. The van der Waals surface area contributed by atoms with Gasteiger partial charge in [-0.1, -0.05) is 82.3 Å². The maximum atomic E-state index is 14.5. The summed E-state index contributed by atoms with van der Waals surface area (Å²) in [7, 11) is 0. The number of hydrazine groups is 1. The van der Waals surface area contributed by atoms with Gasteiger partial charge in [0.25, 0.3) is 5.91 Å². The van der Waals surface area contributed by atoms with Gasteiger partial charge in [0, 0.05) is 51.4 Å². The van der Waals surface area contributed by atoms with Crippen LogP contribution in [0.2, 0.25) is 0 Å². The van der Waals surface area contributed by atoms with Crippen LogP contribution in [0.1, 0.15) is 62.8 Å². The quantitative estimate of drug-likeness (QED) is 0.0646. The number of halogens is 1. The van der Waals surface area contributed by atoms with Crippen molar-refractivity contribution < 1.29 is 28.9 Å². The second kappa shape index (κ2) is 17.2. The summed E-state index contributed by atoms with van der Waals surface area (Å²) in [4.78, 5) is 34.8. The van der Waals surface area contributed by atoms with E-state index in [1.165, 1.54) is 0 Å². The topological polar surface area (TPSA) is 118 Å². The Morgan fingerprint density at radius 2 is 1.66 bits per heavy atom. The van der Waals surface area contributed by atoms with E-state index in [2.05, 4.69) is 38.9 Å². The fourth-order valence-electron chi connectivity index (χ4n) is 5.41. The van der Waals surface area contributed by atoms with Crippen molar-refractivity contribution in [3.05, 3.63) is 124 Å². The minimum absolute atomic E-state index is 0.0216. The molecule has 1 aliphatic heterocycles. The van der Waals surface area contributed by atoms with Crippen molar-refractivity contribution in [1.29, 1.82) is 0 Å². The molecule has 0 saturated carbocycles. The molecular weight excluding hydrogens is 718 g/mol. The Bertz CT molecular complexity index is 1780. The third-order valence-corrected chi connectivity index (χ3v) is 9.62. The Hall–Kier alpha value is -4.16. The van der Waals surface area contributed by atoms with E-state index in [4.69, 9.17) is 24.3 Å². The zero-order chi connectivity index (χ0) is 35.6. The predicted octanol–water partition coefficient (Wildman–Crippen LogP) is 7.56. The second-order valence-electron chi connectivity index (χ2n) is 12.7. The first-order valence-corrected chi connectivity index (χ1v) is 18.1. The van der Waals surface area contributed by atoms with Crippen LogP contribution in [0.5, 0.6) is 5.75 Å². The molecule has 2 atom stereocenters. The monoisotopic (exact) mass is 759 g/mol. The number of ether oxygens (including phenoxy) is 3. The number of carbonyl (C=O) groups excluding carboxylic acids is 2.